The molecule has 0 saturated carbocycles. The van der Waals surface area contributed by atoms with Crippen LogP contribution in [0.15, 0.2) is 48.7 Å². The van der Waals surface area contributed by atoms with Crippen molar-refractivity contribution in [3.05, 3.63) is 59.8 Å². The molecule has 3 nitrogen and oxygen atoms in total. The maximum absolute atomic E-state index is 5.78. The molecule has 122 valence electrons. The first-order valence-electron chi connectivity index (χ1n) is 8.73. The van der Waals surface area contributed by atoms with Gasteiger partial charge in [-0.25, -0.2) is 4.98 Å². The van der Waals surface area contributed by atoms with Crippen LogP contribution >= 0.6 is 0 Å². The van der Waals surface area contributed by atoms with Gasteiger partial charge in [0.25, 0.3) is 0 Å². The highest BCUT2D eigenvalue weighted by Gasteiger charge is 2.25. The van der Waals surface area contributed by atoms with Crippen LogP contribution in [0, 0.1) is 0 Å². The number of nitrogens with zero attached hydrogens (tertiary/aromatic N) is 2. The van der Waals surface area contributed by atoms with Gasteiger partial charge in [-0.2, -0.15) is 0 Å². The van der Waals surface area contributed by atoms with E-state index in [0.717, 1.165) is 0 Å². The zero-order valence-electron chi connectivity index (χ0n) is 13.9. The Morgan fingerprint density at radius 1 is 1.17 bits per heavy atom. The van der Waals surface area contributed by atoms with Gasteiger partial charge in [-0.1, -0.05) is 49.7 Å². The third-order valence-electron chi connectivity index (χ3n) is 4.54. The average Bonchev–Trinajstić information content (AvgIpc) is 3.08. The van der Waals surface area contributed by atoms with Crippen LogP contribution in [0.2, 0.25) is 0 Å². The number of rotatable bonds is 7. The van der Waals surface area contributed by atoms with Gasteiger partial charge in [0, 0.05) is 18.3 Å². The molecule has 2 aromatic rings. The van der Waals surface area contributed by atoms with Crippen LogP contribution in [0.5, 0.6) is 5.88 Å². The van der Waals surface area contributed by atoms with Crippen LogP contribution in [0.25, 0.3) is 0 Å². The fourth-order valence-electron chi connectivity index (χ4n) is 3.24. The number of unbranched alkanes of at least 4 members (excludes halogenated alkanes) is 1. The molecule has 0 radical (unpaired) electrons. The van der Waals surface area contributed by atoms with E-state index in [1.165, 1.54) is 49.9 Å². The summed E-state index contributed by atoms with van der Waals surface area (Å²) in [6.07, 6.45) is 7.07. The van der Waals surface area contributed by atoms with Crippen molar-refractivity contribution in [3.8, 4) is 5.88 Å². The molecular formula is C20H26N2O. The zero-order valence-corrected chi connectivity index (χ0v) is 13.9. The van der Waals surface area contributed by atoms with E-state index in [1.807, 2.05) is 30.5 Å². The molecule has 1 aromatic carbocycles. The highest BCUT2D eigenvalue weighted by Crippen LogP contribution is 2.32. The summed E-state index contributed by atoms with van der Waals surface area (Å²) in [5.74, 6) is 0.704. The number of benzene rings is 1. The summed E-state index contributed by atoms with van der Waals surface area (Å²) >= 11 is 0. The SMILES string of the molecule is CCCCN1CCCC1c1ccc(OCc2ccccc2)nc1. The van der Waals surface area contributed by atoms with Gasteiger partial charge < -0.3 is 4.74 Å². The van der Waals surface area contributed by atoms with Crippen molar-refractivity contribution in [2.45, 2.75) is 45.3 Å². The van der Waals surface area contributed by atoms with Crippen LogP contribution in [0.1, 0.15) is 49.8 Å². The number of likely N-dealkylation sites (tertiary alicyclic amines) is 1. The molecule has 23 heavy (non-hydrogen) atoms. The second-order valence-electron chi connectivity index (χ2n) is 6.25. The summed E-state index contributed by atoms with van der Waals surface area (Å²) in [6.45, 7) is 5.25. The third kappa shape index (κ3) is 4.32. The Hall–Kier alpha value is -1.87. The first-order valence-corrected chi connectivity index (χ1v) is 8.73. The topological polar surface area (TPSA) is 25.4 Å². The van der Waals surface area contributed by atoms with Crippen molar-refractivity contribution in [1.82, 2.24) is 9.88 Å². The van der Waals surface area contributed by atoms with E-state index in [4.69, 9.17) is 4.74 Å². The van der Waals surface area contributed by atoms with Crippen LogP contribution in [0.3, 0.4) is 0 Å². The highest BCUT2D eigenvalue weighted by atomic mass is 16.5. The summed E-state index contributed by atoms with van der Waals surface area (Å²) in [5.41, 5.74) is 2.49. The van der Waals surface area contributed by atoms with Crippen molar-refractivity contribution in [3.63, 3.8) is 0 Å². The number of ether oxygens (including phenoxy) is 1. The molecule has 1 atom stereocenters. The molecular weight excluding hydrogens is 284 g/mol. The molecule has 0 amide bonds. The van der Waals surface area contributed by atoms with E-state index in [2.05, 4.69) is 35.0 Å². The van der Waals surface area contributed by atoms with Gasteiger partial charge in [-0.05, 0) is 43.5 Å². The molecule has 0 N–H and O–H groups in total. The molecule has 1 saturated heterocycles. The van der Waals surface area contributed by atoms with E-state index in [1.54, 1.807) is 0 Å². The van der Waals surface area contributed by atoms with E-state index >= 15 is 0 Å². The molecule has 0 aliphatic carbocycles. The predicted octanol–water partition coefficient (Wildman–Crippen LogP) is 4.60. The molecule has 0 spiro atoms. The first kappa shape index (κ1) is 16.0. The van der Waals surface area contributed by atoms with Gasteiger partial charge in [-0.15, -0.1) is 0 Å². The van der Waals surface area contributed by atoms with Gasteiger partial charge in [0.15, 0.2) is 0 Å². The second-order valence-corrected chi connectivity index (χ2v) is 6.25. The van der Waals surface area contributed by atoms with Crippen molar-refractivity contribution in [1.29, 1.82) is 0 Å². The summed E-state index contributed by atoms with van der Waals surface area (Å²) in [7, 11) is 0. The van der Waals surface area contributed by atoms with Gasteiger partial charge in [0.2, 0.25) is 5.88 Å². The van der Waals surface area contributed by atoms with Crippen LogP contribution < -0.4 is 4.74 Å². The fraction of sp³-hybridized carbons (Fsp3) is 0.450. The average molecular weight is 310 g/mol. The smallest absolute Gasteiger partial charge is 0.213 e. The number of aromatic nitrogens is 1. The Morgan fingerprint density at radius 3 is 2.78 bits per heavy atom. The molecule has 0 bridgehead atoms. The quantitative estimate of drug-likeness (QED) is 0.747. The highest BCUT2D eigenvalue weighted by molar-refractivity contribution is 5.22. The molecule has 2 heterocycles. The van der Waals surface area contributed by atoms with Crippen molar-refractivity contribution in [2.24, 2.45) is 0 Å². The minimum Gasteiger partial charge on any atom is -0.473 e. The van der Waals surface area contributed by atoms with E-state index in [0.29, 0.717) is 18.5 Å². The monoisotopic (exact) mass is 310 g/mol. The number of pyridine rings is 1. The Labute approximate surface area is 139 Å². The molecule has 1 aliphatic rings. The fourth-order valence-corrected chi connectivity index (χ4v) is 3.24. The minimum atomic E-state index is 0.539. The van der Waals surface area contributed by atoms with Crippen LogP contribution in [0.4, 0.5) is 0 Å². The van der Waals surface area contributed by atoms with Gasteiger partial charge in [0.05, 0.1) is 0 Å². The Bertz CT molecular complexity index is 582. The van der Waals surface area contributed by atoms with Gasteiger partial charge in [-0.3, -0.25) is 4.90 Å². The van der Waals surface area contributed by atoms with Crippen LogP contribution in [-0.4, -0.2) is 23.0 Å². The maximum atomic E-state index is 5.78. The van der Waals surface area contributed by atoms with Crippen molar-refractivity contribution < 1.29 is 4.74 Å². The Morgan fingerprint density at radius 2 is 2.04 bits per heavy atom. The third-order valence-corrected chi connectivity index (χ3v) is 4.54. The molecule has 3 rings (SSSR count). The summed E-state index contributed by atoms with van der Waals surface area (Å²) in [6, 6.07) is 14.9. The largest absolute Gasteiger partial charge is 0.473 e. The first-order chi connectivity index (χ1) is 11.4. The second kappa shape index (κ2) is 8.11. The lowest BCUT2D eigenvalue weighted by Gasteiger charge is -2.24. The van der Waals surface area contributed by atoms with Crippen LogP contribution in [-0.2, 0) is 6.61 Å². The molecule has 1 unspecified atom stereocenters. The number of hydrogen-bond acceptors (Lipinski definition) is 3. The lowest BCUT2D eigenvalue weighted by atomic mass is 10.1. The zero-order chi connectivity index (χ0) is 15.9. The van der Waals surface area contributed by atoms with Crippen molar-refractivity contribution in [2.75, 3.05) is 13.1 Å². The molecule has 1 fully saturated rings. The molecule has 3 heteroatoms. The molecule has 1 aliphatic heterocycles. The summed E-state index contributed by atoms with van der Waals surface area (Å²) in [4.78, 5) is 7.11. The standard InChI is InChI=1S/C20H26N2O/c1-2-3-13-22-14-7-10-19(22)18-11-12-20(21-15-18)23-16-17-8-5-4-6-9-17/h4-6,8-9,11-12,15,19H,2-3,7,10,13-14,16H2,1H3. The molecule has 1 aromatic heterocycles. The van der Waals surface area contributed by atoms with Gasteiger partial charge in [0.1, 0.15) is 6.61 Å². The summed E-state index contributed by atoms with van der Waals surface area (Å²) in [5, 5.41) is 0. The normalized spacial score (nSPS) is 18.2. The summed E-state index contributed by atoms with van der Waals surface area (Å²) < 4.78 is 5.78. The number of hydrogen-bond donors (Lipinski definition) is 0. The Balaban J connectivity index is 1.58. The van der Waals surface area contributed by atoms with E-state index < -0.39 is 0 Å². The lowest BCUT2D eigenvalue weighted by molar-refractivity contribution is 0.252. The Kier molecular flexibility index (Phi) is 5.65. The van der Waals surface area contributed by atoms with E-state index in [-0.39, 0.29) is 0 Å². The minimum absolute atomic E-state index is 0.539. The lowest BCUT2D eigenvalue weighted by Crippen LogP contribution is -2.24. The van der Waals surface area contributed by atoms with E-state index in [9.17, 15) is 0 Å². The predicted molar refractivity (Wildman–Crippen MR) is 93.5 cm³/mol. The van der Waals surface area contributed by atoms with Gasteiger partial charge >= 0.3 is 0 Å². The van der Waals surface area contributed by atoms with Crippen molar-refractivity contribution >= 4 is 0 Å². The maximum Gasteiger partial charge on any atom is 0.213 e.